The van der Waals surface area contributed by atoms with Crippen molar-refractivity contribution in [2.75, 3.05) is 11.9 Å². The van der Waals surface area contributed by atoms with E-state index >= 15 is 0 Å². The highest BCUT2D eigenvalue weighted by atomic mass is 79.9. The molecule has 1 aliphatic rings. The van der Waals surface area contributed by atoms with Crippen molar-refractivity contribution >= 4 is 51.1 Å². The lowest BCUT2D eigenvalue weighted by Crippen LogP contribution is -2.28. The molecule has 10 nitrogen and oxygen atoms in total. The second-order valence-electron chi connectivity index (χ2n) is 10.8. The van der Waals surface area contributed by atoms with Gasteiger partial charge in [-0.3, -0.25) is 4.79 Å². The van der Waals surface area contributed by atoms with Crippen molar-refractivity contribution in [3.63, 3.8) is 0 Å². The molecular formula is C29H31BrN6O4. The summed E-state index contributed by atoms with van der Waals surface area (Å²) < 4.78 is 15.2. The average Bonchev–Trinajstić information content (AvgIpc) is 3.52. The lowest BCUT2D eigenvalue weighted by molar-refractivity contribution is 0.0343. The number of aromatic nitrogens is 4. The van der Waals surface area contributed by atoms with Crippen LogP contribution < -0.4 is 5.32 Å². The number of aldehydes is 1. The molecule has 0 amide bonds. The normalized spacial score (nSPS) is 15.7. The Morgan fingerprint density at radius 3 is 2.77 bits per heavy atom. The summed E-state index contributed by atoms with van der Waals surface area (Å²) in [6, 6.07) is 11.2. The van der Waals surface area contributed by atoms with Gasteiger partial charge in [0.05, 0.1) is 24.0 Å². The number of carbonyl (C=O) groups is 2. The molecule has 208 valence electrons. The summed E-state index contributed by atoms with van der Waals surface area (Å²) in [7, 11) is 0. The fourth-order valence-corrected chi connectivity index (χ4v) is 5.24. The van der Waals surface area contributed by atoms with Crippen LogP contribution in [-0.2, 0) is 16.0 Å². The van der Waals surface area contributed by atoms with E-state index in [-0.39, 0.29) is 11.9 Å². The van der Waals surface area contributed by atoms with Gasteiger partial charge in [0.15, 0.2) is 6.29 Å². The zero-order valence-electron chi connectivity index (χ0n) is 22.6. The van der Waals surface area contributed by atoms with E-state index in [2.05, 4.69) is 31.6 Å². The molecule has 1 aliphatic heterocycles. The molecule has 40 heavy (non-hydrogen) atoms. The largest absolute Gasteiger partial charge is 0.443 e. The van der Waals surface area contributed by atoms with Gasteiger partial charge in [-0.25, -0.2) is 14.0 Å². The Labute approximate surface area is 240 Å². The molecule has 1 saturated heterocycles. The molecule has 0 bridgehead atoms. The number of nitrogens with one attached hydrogen (secondary N) is 2. The van der Waals surface area contributed by atoms with E-state index in [1.165, 1.54) is 10.8 Å². The van der Waals surface area contributed by atoms with E-state index in [1.54, 1.807) is 31.5 Å². The maximum absolute atomic E-state index is 12.9. The second kappa shape index (κ2) is 11.3. The van der Waals surface area contributed by atoms with Crippen LogP contribution in [0.1, 0.15) is 61.6 Å². The molecule has 1 atom stereocenters. The first kappa shape index (κ1) is 27.7. The molecule has 2 aromatic heterocycles. The lowest BCUT2D eigenvalue weighted by Gasteiger charge is -2.25. The quantitative estimate of drug-likeness (QED) is 0.188. The maximum Gasteiger partial charge on any atom is 0.419 e. The fraction of sp³-hybridized carbons (Fsp3) is 0.345. The Morgan fingerprint density at radius 2 is 2.08 bits per heavy atom. The number of nitrogens with zero attached hydrogens (tertiary/aromatic N) is 4. The third kappa shape index (κ3) is 6.00. The van der Waals surface area contributed by atoms with E-state index in [4.69, 9.17) is 14.9 Å². The minimum Gasteiger partial charge on any atom is -0.443 e. The topological polar surface area (TPSA) is 124 Å². The minimum absolute atomic E-state index is 0.0976. The van der Waals surface area contributed by atoms with Gasteiger partial charge in [-0.2, -0.15) is 0 Å². The predicted molar refractivity (Wildman–Crippen MR) is 156 cm³/mol. The monoisotopic (exact) mass is 606 g/mol. The van der Waals surface area contributed by atoms with E-state index in [0.717, 1.165) is 52.5 Å². The molecular weight excluding hydrogens is 576 g/mol. The molecule has 3 heterocycles. The van der Waals surface area contributed by atoms with Gasteiger partial charge in [0.1, 0.15) is 17.5 Å². The van der Waals surface area contributed by atoms with Crippen LogP contribution >= 0.6 is 15.9 Å². The molecule has 5 rings (SSSR count). The van der Waals surface area contributed by atoms with Gasteiger partial charge < -0.3 is 20.2 Å². The zero-order valence-corrected chi connectivity index (χ0v) is 24.2. The molecule has 0 radical (unpaired) electrons. The summed E-state index contributed by atoms with van der Waals surface area (Å²) in [5.74, 6) is 0. The lowest BCUT2D eigenvalue weighted by atomic mass is 10.0. The number of rotatable bonds is 7. The standard InChI is InChI=1S/C29H31BrN6O4/c1-29(2,3)40-28(38)36-21(17-37)11-19-8-7-18(10-26(19)36)15-35-16-25(33-34-35)22-12-20(30)13-24(23(22)14-31)32-27-6-4-5-9-39-27/h7-8,10-14,16-17,27,31-32H,4-6,9,15H2,1-3H3. The number of carbonyl (C=O) groups excluding carboxylic acids is 2. The molecule has 2 N–H and O–H groups in total. The van der Waals surface area contributed by atoms with Gasteiger partial charge in [-0.05, 0) is 69.9 Å². The van der Waals surface area contributed by atoms with Crippen molar-refractivity contribution in [1.29, 1.82) is 5.41 Å². The molecule has 1 fully saturated rings. The van der Waals surface area contributed by atoms with Gasteiger partial charge in [-0.15, -0.1) is 5.10 Å². The van der Waals surface area contributed by atoms with Crippen LogP contribution in [-0.4, -0.2) is 56.6 Å². The Bertz CT molecular complexity index is 1580. The molecule has 0 aliphatic carbocycles. The molecule has 4 aromatic rings. The van der Waals surface area contributed by atoms with E-state index in [9.17, 15) is 9.59 Å². The van der Waals surface area contributed by atoms with Crippen LogP contribution in [0.2, 0.25) is 0 Å². The SMILES string of the molecule is CC(C)(C)OC(=O)n1c(C=O)cc2ccc(Cn3cc(-c4cc(Br)cc(NC5CCCCO5)c4C=N)nn3)cc21. The van der Waals surface area contributed by atoms with Crippen molar-refractivity contribution in [2.45, 2.75) is 58.4 Å². The van der Waals surface area contributed by atoms with E-state index in [1.807, 2.05) is 36.5 Å². The van der Waals surface area contributed by atoms with Crippen LogP contribution in [0.25, 0.3) is 22.2 Å². The van der Waals surface area contributed by atoms with Crippen LogP contribution in [0.15, 0.2) is 47.1 Å². The summed E-state index contributed by atoms with van der Waals surface area (Å²) in [6.07, 6.45) is 6.14. The smallest absolute Gasteiger partial charge is 0.419 e. The number of ether oxygens (including phenoxy) is 2. The summed E-state index contributed by atoms with van der Waals surface area (Å²) in [5, 5.41) is 21.0. The third-order valence-corrected chi connectivity index (χ3v) is 7.00. The molecule has 2 aromatic carbocycles. The Balaban J connectivity index is 1.43. The van der Waals surface area contributed by atoms with Gasteiger partial charge in [0, 0.05) is 39.5 Å². The van der Waals surface area contributed by atoms with E-state index in [0.29, 0.717) is 29.6 Å². The van der Waals surface area contributed by atoms with Crippen molar-refractivity contribution < 1.29 is 19.1 Å². The number of hydrogen-bond acceptors (Lipinski definition) is 8. The summed E-state index contributed by atoms with van der Waals surface area (Å²) in [4.78, 5) is 24.6. The van der Waals surface area contributed by atoms with Gasteiger partial charge in [0.25, 0.3) is 0 Å². The minimum atomic E-state index is -0.705. The van der Waals surface area contributed by atoms with E-state index < -0.39 is 11.7 Å². The van der Waals surface area contributed by atoms with Crippen LogP contribution in [0.4, 0.5) is 10.5 Å². The van der Waals surface area contributed by atoms with Crippen LogP contribution in [0.5, 0.6) is 0 Å². The molecule has 1 unspecified atom stereocenters. The number of benzene rings is 2. The van der Waals surface area contributed by atoms with Gasteiger partial charge >= 0.3 is 6.09 Å². The first-order valence-corrected chi connectivity index (χ1v) is 13.9. The maximum atomic E-state index is 12.9. The Kier molecular flexibility index (Phi) is 7.86. The highest BCUT2D eigenvalue weighted by molar-refractivity contribution is 9.10. The molecule has 0 spiro atoms. The van der Waals surface area contributed by atoms with Crippen molar-refractivity contribution in [3.8, 4) is 11.3 Å². The first-order chi connectivity index (χ1) is 19.1. The van der Waals surface area contributed by atoms with Crippen LogP contribution in [0.3, 0.4) is 0 Å². The molecule has 11 heteroatoms. The van der Waals surface area contributed by atoms with Crippen molar-refractivity contribution in [3.05, 3.63) is 63.9 Å². The second-order valence-corrected chi connectivity index (χ2v) is 11.7. The Morgan fingerprint density at radius 1 is 1.25 bits per heavy atom. The third-order valence-electron chi connectivity index (χ3n) is 6.54. The Hall–Kier alpha value is -3.83. The average molecular weight is 608 g/mol. The summed E-state index contributed by atoms with van der Waals surface area (Å²) >= 11 is 3.59. The number of halogens is 1. The number of hydrogen-bond donors (Lipinski definition) is 2. The van der Waals surface area contributed by atoms with Crippen molar-refractivity contribution in [2.24, 2.45) is 0 Å². The van der Waals surface area contributed by atoms with Crippen molar-refractivity contribution in [1.82, 2.24) is 19.6 Å². The zero-order chi connectivity index (χ0) is 28.4. The highest BCUT2D eigenvalue weighted by Gasteiger charge is 2.23. The number of fused-ring (bicyclic) bond motifs is 1. The van der Waals surface area contributed by atoms with Gasteiger partial charge in [0.2, 0.25) is 0 Å². The first-order valence-electron chi connectivity index (χ1n) is 13.1. The highest BCUT2D eigenvalue weighted by Crippen LogP contribution is 2.32. The predicted octanol–water partition coefficient (Wildman–Crippen LogP) is 6.24. The molecule has 0 saturated carbocycles. The summed E-state index contributed by atoms with van der Waals surface area (Å²) in [6.45, 7) is 6.44. The van der Waals surface area contributed by atoms with Gasteiger partial charge in [-0.1, -0.05) is 33.3 Å². The number of anilines is 1. The fourth-order valence-electron chi connectivity index (χ4n) is 4.78. The van der Waals surface area contributed by atoms with Crippen LogP contribution in [0, 0.1) is 5.41 Å². The summed E-state index contributed by atoms with van der Waals surface area (Å²) in [5.41, 5.74) is 3.83.